The zero-order valence-electron chi connectivity index (χ0n) is 14.1. The van der Waals surface area contributed by atoms with E-state index in [4.69, 9.17) is 4.84 Å². The Morgan fingerprint density at radius 2 is 1.96 bits per heavy atom. The number of nitrogens with zero attached hydrogens (tertiary/aromatic N) is 1. The number of carbonyl (C=O) groups excluding carboxylic acids is 1. The Kier molecular flexibility index (Phi) is 3.80. The molecule has 2 aliphatic heterocycles. The summed E-state index contributed by atoms with van der Waals surface area (Å²) in [7, 11) is 1.52. The van der Waals surface area contributed by atoms with Crippen LogP contribution in [0.4, 0.5) is 5.69 Å². The number of nitrogens with one attached hydrogen (secondary N) is 4. The number of anilines is 1. The van der Waals surface area contributed by atoms with E-state index in [1.807, 2.05) is 11.2 Å². The molecule has 4 rings (SSSR count). The molecule has 1 aromatic rings. The fraction of sp³-hybridized carbons (Fsp3) is 0.471. The largest absolute Gasteiger partial charge is 0.322 e. The van der Waals surface area contributed by atoms with Gasteiger partial charge in [-0.15, -0.1) is 0 Å². The van der Waals surface area contributed by atoms with Crippen molar-refractivity contribution in [2.24, 2.45) is 0 Å². The van der Waals surface area contributed by atoms with Gasteiger partial charge in [-0.3, -0.25) is 15.1 Å². The minimum absolute atomic E-state index is 0.117. The lowest BCUT2D eigenvalue weighted by molar-refractivity contribution is -0.122. The predicted molar refractivity (Wildman–Crippen MR) is 90.6 cm³/mol. The minimum atomic E-state index is -0.434. The SMILES string of the molecule is CONC1NC(=O)C2=CN(c3c(C)cc(C4CC4)cc3C)NC2N1. The second-order valence-corrected chi connectivity index (χ2v) is 6.69. The molecule has 7 heteroatoms. The van der Waals surface area contributed by atoms with Crippen molar-refractivity contribution in [3.05, 3.63) is 40.6 Å². The van der Waals surface area contributed by atoms with Crippen LogP contribution in [0.25, 0.3) is 0 Å². The Bertz CT molecular complexity index is 690. The first kappa shape index (κ1) is 15.6. The number of hydrazine groups is 1. The van der Waals surface area contributed by atoms with Crippen LogP contribution in [-0.4, -0.2) is 25.5 Å². The van der Waals surface area contributed by atoms with E-state index < -0.39 is 6.29 Å². The average molecular weight is 329 g/mol. The van der Waals surface area contributed by atoms with Crippen LogP contribution >= 0.6 is 0 Å². The molecule has 1 saturated heterocycles. The van der Waals surface area contributed by atoms with Gasteiger partial charge in [-0.2, -0.15) is 5.48 Å². The number of carbonyl (C=O) groups is 1. The third-order valence-electron chi connectivity index (χ3n) is 4.76. The summed E-state index contributed by atoms with van der Waals surface area (Å²) in [5, 5.41) is 7.98. The number of hydroxylamine groups is 1. The number of hydrogen-bond donors (Lipinski definition) is 4. The van der Waals surface area contributed by atoms with E-state index in [2.05, 4.69) is 47.5 Å². The van der Waals surface area contributed by atoms with Crippen molar-refractivity contribution < 1.29 is 9.63 Å². The lowest BCUT2D eigenvalue weighted by atomic mass is 10.0. The van der Waals surface area contributed by atoms with Gasteiger partial charge < -0.3 is 10.2 Å². The number of hydrogen-bond acceptors (Lipinski definition) is 6. The second kappa shape index (κ2) is 5.86. The maximum atomic E-state index is 12.3. The molecule has 1 aliphatic carbocycles. The molecule has 0 bridgehead atoms. The quantitative estimate of drug-likeness (QED) is 0.614. The summed E-state index contributed by atoms with van der Waals surface area (Å²) >= 11 is 0. The van der Waals surface area contributed by atoms with E-state index in [9.17, 15) is 4.79 Å². The molecule has 1 aromatic carbocycles. The predicted octanol–water partition coefficient (Wildman–Crippen LogP) is 0.869. The molecular weight excluding hydrogens is 306 g/mol. The van der Waals surface area contributed by atoms with Gasteiger partial charge in [0, 0.05) is 6.20 Å². The Hall–Kier alpha value is -1.93. The highest BCUT2D eigenvalue weighted by Crippen LogP contribution is 2.42. The number of amides is 1. The highest BCUT2D eigenvalue weighted by molar-refractivity contribution is 5.96. The number of benzene rings is 1. The summed E-state index contributed by atoms with van der Waals surface area (Å²) in [4.78, 5) is 17.2. The number of fused-ring (bicyclic) bond motifs is 1. The molecule has 2 atom stereocenters. The molecule has 7 nitrogen and oxygen atoms in total. The van der Waals surface area contributed by atoms with Crippen molar-refractivity contribution >= 4 is 11.6 Å². The molecule has 1 amide bonds. The molecule has 128 valence electrons. The van der Waals surface area contributed by atoms with Crippen LogP contribution in [0.1, 0.15) is 35.4 Å². The first-order valence-electron chi connectivity index (χ1n) is 8.30. The monoisotopic (exact) mass is 329 g/mol. The van der Waals surface area contributed by atoms with E-state index in [1.165, 1.54) is 36.6 Å². The first-order chi connectivity index (χ1) is 11.6. The van der Waals surface area contributed by atoms with Crippen LogP contribution in [0.2, 0.25) is 0 Å². The van der Waals surface area contributed by atoms with E-state index in [0.29, 0.717) is 5.57 Å². The maximum Gasteiger partial charge on any atom is 0.254 e. The molecule has 2 unspecified atom stereocenters. The van der Waals surface area contributed by atoms with Gasteiger partial charge in [0.25, 0.3) is 5.91 Å². The molecule has 3 aliphatic rings. The van der Waals surface area contributed by atoms with Crippen molar-refractivity contribution in [1.29, 1.82) is 0 Å². The molecule has 2 heterocycles. The summed E-state index contributed by atoms with van der Waals surface area (Å²) in [5.41, 5.74) is 11.7. The van der Waals surface area contributed by atoms with Crippen molar-refractivity contribution in [3.8, 4) is 0 Å². The van der Waals surface area contributed by atoms with Crippen molar-refractivity contribution in [2.45, 2.75) is 45.1 Å². The lowest BCUT2D eigenvalue weighted by Crippen LogP contribution is -2.66. The molecular formula is C17H23N5O2. The van der Waals surface area contributed by atoms with Gasteiger partial charge in [-0.1, -0.05) is 12.1 Å². The standard InChI is InChI=1S/C17H23N5O2/c1-9-6-12(11-4-5-11)7-10(2)14(9)22-8-13-15(20-22)18-17(21-24-3)19-16(13)23/h6-8,11,15,17-18,20-21H,4-5H2,1-3H3,(H,19,23). The summed E-state index contributed by atoms with van der Waals surface area (Å²) in [6.45, 7) is 4.25. The topological polar surface area (TPSA) is 77.7 Å². The van der Waals surface area contributed by atoms with Crippen molar-refractivity contribution in [2.75, 3.05) is 12.1 Å². The van der Waals surface area contributed by atoms with Gasteiger partial charge in [0.1, 0.15) is 6.17 Å². The fourth-order valence-corrected chi connectivity index (χ4v) is 3.53. The summed E-state index contributed by atoms with van der Waals surface area (Å²) in [6.07, 6.45) is 3.77. The molecule has 0 aromatic heterocycles. The second-order valence-electron chi connectivity index (χ2n) is 6.69. The van der Waals surface area contributed by atoms with Gasteiger partial charge >= 0.3 is 0 Å². The average Bonchev–Trinajstić information content (AvgIpc) is 3.28. The zero-order chi connectivity index (χ0) is 16.8. The van der Waals surface area contributed by atoms with Crippen molar-refractivity contribution in [3.63, 3.8) is 0 Å². The van der Waals surface area contributed by atoms with Gasteiger partial charge in [-0.25, -0.2) is 5.43 Å². The fourth-order valence-electron chi connectivity index (χ4n) is 3.53. The molecule has 24 heavy (non-hydrogen) atoms. The van der Waals surface area contributed by atoms with Crippen LogP contribution in [0.3, 0.4) is 0 Å². The normalized spacial score (nSPS) is 26.2. The Labute approximate surface area is 141 Å². The van der Waals surface area contributed by atoms with Crippen LogP contribution in [0.5, 0.6) is 0 Å². The third-order valence-corrected chi connectivity index (χ3v) is 4.76. The summed E-state index contributed by atoms with van der Waals surface area (Å²) in [6, 6.07) is 4.54. The number of rotatable bonds is 4. The highest BCUT2D eigenvalue weighted by Gasteiger charge is 2.37. The maximum absolute atomic E-state index is 12.3. The van der Waals surface area contributed by atoms with Gasteiger partial charge in [0.05, 0.1) is 18.4 Å². The highest BCUT2D eigenvalue weighted by atomic mass is 16.6. The molecule has 2 fully saturated rings. The Balaban J connectivity index is 1.60. The molecule has 0 spiro atoms. The van der Waals surface area contributed by atoms with Gasteiger partial charge in [0.15, 0.2) is 6.29 Å². The van der Waals surface area contributed by atoms with E-state index in [-0.39, 0.29) is 12.1 Å². The summed E-state index contributed by atoms with van der Waals surface area (Å²) < 4.78 is 0. The van der Waals surface area contributed by atoms with Gasteiger partial charge in [0.2, 0.25) is 0 Å². The van der Waals surface area contributed by atoms with E-state index in [0.717, 1.165) is 11.6 Å². The van der Waals surface area contributed by atoms with E-state index >= 15 is 0 Å². The number of aryl methyl sites for hydroxylation is 2. The smallest absolute Gasteiger partial charge is 0.254 e. The molecule has 4 N–H and O–H groups in total. The summed E-state index contributed by atoms with van der Waals surface area (Å²) in [5.74, 6) is 0.616. The molecule has 1 saturated carbocycles. The zero-order valence-corrected chi connectivity index (χ0v) is 14.1. The minimum Gasteiger partial charge on any atom is -0.322 e. The van der Waals surface area contributed by atoms with Crippen molar-refractivity contribution in [1.82, 2.24) is 21.5 Å². The Morgan fingerprint density at radius 1 is 1.25 bits per heavy atom. The lowest BCUT2D eigenvalue weighted by Gasteiger charge is -2.31. The molecule has 0 radical (unpaired) electrons. The van der Waals surface area contributed by atoms with Crippen LogP contribution < -0.4 is 26.5 Å². The van der Waals surface area contributed by atoms with Crippen LogP contribution in [0, 0.1) is 13.8 Å². The third kappa shape index (κ3) is 2.69. The van der Waals surface area contributed by atoms with Gasteiger partial charge in [-0.05, 0) is 49.3 Å². The van der Waals surface area contributed by atoms with Crippen LogP contribution in [-0.2, 0) is 9.63 Å². The van der Waals surface area contributed by atoms with E-state index in [1.54, 1.807) is 0 Å². The Morgan fingerprint density at radius 3 is 2.58 bits per heavy atom. The van der Waals surface area contributed by atoms with Crippen LogP contribution in [0.15, 0.2) is 23.9 Å². The first-order valence-corrected chi connectivity index (χ1v) is 8.30.